The summed E-state index contributed by atoms with van der Waals surface area (Å²) in [5.41, 5.74) is 0.722. The van der Waals surface area contributed by atoms with Crippen molar-refractivity contribution in [3.63, 3.8) is 0 Å². The molecule has 0 fully saturated rings. The van der Waals surface area contributed by atoms with Crippen molar-refractivity contribution in [2.24, 2.45) is 0 Å². The van der Waals surface area contributed by atoms with Crippen LogP contribution in [-0.4, -0.2) is 26.8 Å². The number of carbonyl (C=O) groups excluding carboxylic acids is 1. The van der Waals surface area contributed by atoms with Gasteiger partial charge in [0.2, 0.25) is 5.91 Å². The number of pyridine rings is 1. The van der Waals surface area contributed by atoms with Gasteiger partial charge in [-0.25, -0.2) is 0 Å². The summed E-state index contributed by atoms with van der Waals surface area (Å²) in [6.07, 6.45) is 3.74. The number of anilines is 1. The Balaban J connectivity index is 1.72. The van der Waals surface area contributed by atoms with Crippen LogP contribution in [0.4, 0.5) is 5.69 Å². The van der Waals surface area contributed by atoms with Crippen molar-refractivity contribution < 1.29 is 4.79 Å². The van der Waals surface area contributed by atoms with Crippen molar-refractivity contribution in [2.45, 2.75) is 17.7 Å². The maximum Gasteiger partial charge on any atom is 0.225 e. The Morgan fingerprint density at radius 3 is 3.06 bits per heavy atom. The highest BCUT2D eigenvalue weighted by Crippen LogP contribution is 2.22. The van der Waals surface area contributed by atoms with Gasteiger partial charge in [0.05, 0.1) is 11.9 Å². The first-order valence-electron chi connectivity index (χ1n) is 5.37. The fraction of sp³-hybridized carbons (Fsp3) is 0.273. The van der Waals surface area contributed by atoms with Gasteiger partial charge in [-0.05, 0) is 19.1 Å². The van der Waals surface area contributed by atoms with Gasteiger partial charge in [0.1, 0.15) is 5.01 Å². The number of nitrogens with one attached hydrogen (secondary N) is 1. The lowest BCUT2D eigenvalue weighted by molar-refractivity contribution is -0.115. The molecule has 0 bridgehead atoms. The van der Waals surface area contributed by atoms with E-state index in [4.69, 9.17) is 0 Å². The first-order chi connectivity index (χ1) is 8.74. The first-order valence-corrected chi connectivity index (χ1v) is 7.17. The molecule has 5 nitrogen and oxygen atoms in total. The normalized spacial score (nSPS) is 10.3. The molecule has 0 saturated carbocycles. The third kappa shape index (κ3) is 4.08. The number of nitrogens with zero attached hydrogens (tertiary/aromatic N) is 3. The highest BCUT2D eigenvalue weighted by Gasteiger charge is 2.05. The number of thioether (sulfide) groups is 1. The van der Waals surface area contributed by atoms with Crippen LogP contribution in [0.25, 0.3) is 0 Å². The molecule has 0 atom stereocenters. The van der Waals surface area contributed by atoms with Crippen LogP contribution in [0.3, 0.4) is 0 Å². The number of amides is 1. The van der Waals surface area contributed by atoms with E-state index in [-0.39, 0.29) is 5.91 Å². The first kappa shape index (κ1) is 13.0. The Kier molecular flexibility index (Phi) is 4.66. The molecule has 0 unspecified atom stereocenters. The number of aromatic nitrogens is 3. The van der Waals surface area contributed by atoms with Crippen molar-refractivity contribution in [3.8, 4) is 0 Å². The van der Waals surface area contributed by atoms with Crippen LogP contribution in [0.15, 0.2) is 28.9 Å². The summed E-state index contributed by atoms with van der Waals surface area (Å²) in [6, 6.07) is 3.60. The molecule has 0 aliphatic rings. The van der Waals surface area contributed by atoms with E-state index in [1.165, 1.54) is 0 Å². The molecule has 0 aliphatic heterocycles. The van der Waals surface area contributed by atoms with Gasteiger partial charge in [-0.1, -0.05) is 23.1 Å². The zero-order valence-electron chi connectivity index (χ0n) is 9.79. The monoisotopic (exact) mass is 280 g/mol. The third-order valence-electron chi connectivity index (χ3n) is 2.01. The molecule has 1 amide bonds. The van der Waals surface area contributed by atoms with E-state index < -0.39 is 0 Å². The molecule has 2 rings (SSSR count). The zero-order valence-corrected chi connectivity index (χ0v) is 11.4. The molecule has 18 heavy (non-hydrogen) atoms. The van der Waals surface area contributed by atoms with Crippen LogP contribution in [-0.2, 0) is 4.79 Å². The molecule has 0 aliphatic carbocycles. The van der Waals surface area contributed by atoms with Crippen molar-refractivity contribution in [1.82, 2.24) is 15.2 Å². The Morgan fingerprint density at radius 2 is 2.39 bits per heavy atom. The lowest BCUT2D eigenvalue weighted by Crippen LogP contribution is -2.12. The molecule has 0 saturated heterocycles. The Morgan fingerprint density at radius 1 is 1.50 bits per heavy atom. The van der Waals surface area contributed by atoms with E-state index in [0.717, 1.165) is 15.0 Å². The minimum atomic E-state index is -0.0169. The van der Waals surface area contributed by atoms with Gasteiger partial charge >= 0.3 is 0 Å². The number of rotatable bonds is 5. The second kappa shape index (κ2) is 6.46. The standard InChI is InChI=1S/C11H12N4OS2/c1-8-14-15-11(18-8)17-6-4-10(16)13-9-3-2-5-12-7-9/h2-3,5,7H,4,6H2,1H3,(H,13,16). The molecule has 7 heteroatoms. The van der Waals surface area contributed by atoms with Crippen LogP contribution in [0.5, 0.6) is 0 Å². The smallest absolute Gasteiger partial charge is 0.225 e. The van der Waals surface area contributed by atoms with Crippen LogP contribution in [0.2, 0.25) is 0 Å². The van der Waals surface area contributed by atoms with E-state index in [0.29, 0.717) is 12.2 Å². The van der Waals surface area contributed by atoms with E-state index in [1.54, 1.807) is 41.6 Å². The molecule has 0 spiro atoms. The second-order valence-corrected chi connectivity index (χ2v) is 6.00. The van der Waals surface area contributed by atoms with Gasteiger partial charge in [0.25, 0.3) is 0 Å². The quantitative estimate of drug-likeness (QED) is 0.852. The van der Waals surface area contributed by atoms with Gasteiger partial charge in [-0.2, -0.15) is 0 Å². The summed E-state index contributed by atoms with van der Waals surface area (Å²) in [7, 11) is 0. The SMILES string of the molecule is Cc1nnc(SCCC(=O)Nc2cccnc2)s1. The van der Waals surface area contributed by atoms with Crippen molar-refractivity contribution in [1.29, 1.82) is 0 Å². The number of aryl methyl sites for hydroxylation is 1. The van der Waals surface area contributed by atoms with Crippen LogP contribution >= 0.6 is 23.1 Å². The van der Waals surface area contributed by atoms with Crippen LogP contribution in [0.1, 0.15) is 11.4 Å². The molecule has 0 radical (unpaired) electrons. The predicted molar refractivity (Wildman–Crippen MR) is 72.9 cm³/mol. The Bertz CT molecular complexity index is 515. The van der Waals surface area contributed by atoms with E-state index in [2.05, 4.69) is 20.5 Å². The summed E-state index contributed by atoms with van der Waals surface area (Å²) >= 11 is 3.09. The molecule has 2 heterocycles. The number of hydrogen-bond acceptors (Lipinski definition) is 6. The maximum atomic E-state index is 11.6. The molecule has 94 valence electrons. The highest BCUT2D eigenvalue weighted by atomic mass is 32.2. The minimum Gasteiger partial charge on any atom is -0.325 e. The molecule has 2 aromatic rings. The average Bonchev–Trinajstić information content (AvgIpc) is 2.76. The lowest BCUT2D eigenvalue weighted by atomic mass is 10.4. The maximum absolute atomic E-state index is 11.6. The molecule has 0 aromatic carbocycles. The Labute approximate surface area is 113 Å². The predicted octanol–water partition coefficient (Wildman–Crippen LogP) is 2.36. The molecular weight excluding hydrogens is 268 g/mol. The topological polar surface area (TPSA) is 67.8 Å². The fourth-order valence-electron chi connectivity index (χ4n) is 1.23. The van der Waals surface area contributed by atoms with Crippen molar-refractivity contribution >= 4 is 34.7 Å². The number of carbonyl (C=O) groups is 1. The van der Waals surface area contributed by atoms with Crippen LogP contribution < -0.4 is 5.32 Å². The number of hydrogen-bond donors (Lipinski definition) is 1. The molecule has 1 N–H and O–H groups in total. The summed E-state index contributed by atoms with van der Waals surface area (Å²) in [4.78, 5) is 15.6. The summed E-state index contributed by atoms with van der Waals surface area (Å²) in [6.45, 7) is 1.91. The minimum absolute atomic E-state index is 0.0169. The molecular formula is C11H12N4OS2. The van der Waals surface area contributed by atoms with Gasteiger partial charge in [0.15, 0.2) is 4.34 Å². The van der Waals surface area contributed by atoms with Gasteiger partial charge in [-0.3, -0.25) is 9.78 Å². The highest BCUT2D eigenvalue weighted by molar-refractivity contribution is 8.01. The van der Waals surface area contributed by atoms with Crippen LogP contribution in [0, 0.1) is 6.92 Å². The van der Waals surface area contributed by atoms with E-state index >= 15 is 0 Å². The summed E-state index contributed by atoms with van der Waals surface area (Å²) in [5.74, 6) is 0.678. The summed E-state index contributed by atoms with van der Waals surface area (Å²) < 4.78 is 0.904. The average molecular weight is 280 g/mol. The molecule has 2 aromatic heterocycles. The van der Waals surface area contributed by atoms with Crippen molar-refractivity contribution in [2.75, 3.05) is 11.1 Å². The zero-order chi connectivity index (χ0) is 12.8. The lowest BCUT2D eigenvalue weighted by Gasteiger charge is -2.03. The third-order valence-corrected chi connectivity index (χ3v) is 3.98. The van der Waals surface area contributed by atoms with E-state index in [1.807, 2.05) is 13.0 Å². The Hall–Kier alpha value is -1.47. The fourth-order valence-corrected chi connectivity index (χ4v) is 3.05. The summed E-state index contributed by atoms with van der Waals surface area (Å²) in [5, 5.41) is 11.6. The van der Waals surface area contributed by atoms with Gasteiger partial charge in [-0.15, -0.1) is 10.2 Å². The van der Waals surface area contributed by atoms with E-state index in [9.17, 15) is 4.79 Å². The second-order valence-electron chi connectivity index (χ2n) is 3.48. The largest absolute Gasteiger partial charge is 0.325 e. The van der Waals surface area contributed by atoms with Gasteiger partial charge in [0, 0.05) is 18.4 Å². The van der Waals surface area contributed by atoms with Crippen molar-refractivity contribution in [3.05, 3.63) is 29.5 Å². The van der Waals surface area contributed by atoms with Gasteiger partial charge < -0.3 is 5.32 Å².